The highest BCUT2D eigenvalue weighted by Gasteiger charge is 2.27. The van der Waals surface area contributed by atoms with E-state index < -0.39 is 0 Å². The van der Waals surface area contributed by atoms with Crippen LogP contribution in [-0.2, 0) is 0 Å². The van der Waals surface area contributed by atoms with Crippen LogP contribution in [0.1, 0.15) is 45.2 Å². The summed E-state index contributed by atoms with van der Waals surface area (Å²) in [6.45, 7) is 7.32. The first-order valence-corrected chi connectivity index (χ1v) is 6.80. The van der Waals surface area contributed by atoms with Crippen LogP contribution in [0, 0.1) is 11.7 Å². The second kappa shape index (κ2) is 5.27. The molecule has 1 aromatic rings. The van der Waals surface area contributed by atoms with Gasteiger partial charge < -0.3 is 10.6 Å². The van der Waals surface area contributed by atoms with Gasteiger partial charge in [-0.25, -0.2) is 4.39 Å². The number of halogens is 1. The number of rotatable bonds is 5. The van der Waals surface area contributed by atoms with Crippen molar-refractivity contribution >= 4 is 5.69 Å². The summed E-state index contributed by atoms with van der Waals surface area (Å²) < 4.78 is 13.4. The Morgan fingerprint density at radius 3 is 2.50 bits per heavy atom. The molecule has 0 radical (unpaired) electrons. The lowest BCUT2D eigenvalue weighted by Crippen LogP contribution is -2.34. The number of nitrogens with two attached hydrogens (primary N) is 1. The van der Waals surface area contributed by atoms with E-state index >= 15 is 0 Å². The van der Waals surface area contributed by atoms with E-state index in [1.807, 2.05) is 13.0 Å². The van der Waals surface area contributed by atoms with Crippen LogP contribution in [0.25, 0.3) is 0 Å². The molecule has 2 rings (SSSR count). The highest BCUT2D eigenvalue weighted by Crippen LogP contribution is 2.34. The molecule has 1 saturated carbocycles. The van der Waals surface area contributed by atoms with Gasteiger partial charge in [-0.1, -0.05) is 0 Å². The summed E-state index contributed by atoms with van der Waals surface area (Å²) in [5.41, 5.74) is 7.97. The first-order valence-electron chi connectivity index (χ1n) is 6.80. The lowest BCUT2D eigenvalue weighted by Gasteiger charge is -2.32. The van der Waals surface area contributed by atoms with Gasteiger partial charge in [-0.15, -0.1) is 0 Å². The van der Waals surface area contributed by atoms with Gasteiger partial charge in [-0.05, 0) is 63.3 Å². The van der Waals surface area contributed by atoms with Crippen molar-refractivity contribution in [3.05, 3.63) is 29.6 Å². The summed E-state index contributed by atoms with van der Waals surface area (Å²) in [7, 11) is 0. The normalized spacial score (nSPS) is 17.0. The van der Waals surface area contributed by atoms with Crippen molar-refractivity contribution in [3.63, 3.8) is 0 Å². The van der Waals surface area contributed by atoms with Crippen LogP contribution in [0.2, 0.25) is 0 Å². The molecular formula is C15H23FN2. The Kier molecular flexibility index (Phi) is 3.91. The summed E-state index contributed by atoms with van der Waals surface area (Å²) in [6.07, 6.45) is 2.63. The molecule has 0 spiro atoms. The van der Waals surface area contributed by atoms with Crippen molar-refractivity contribution in [2.75, 3.05) is 11.4 Å². The van der Waals surface area contributed by atoms with E-state index in [9.17, 15) is 4.39 Å². The number of nitrogens with zero attached hydrogens (tertiary/aromatic N) is 1. The number of anilines is 1. The predicted octanol–water partition coefficient (Wildman–Crippen LogP) is 3.47. The quantitative estimate of drug-likeness (QED) is 0.867. The fraction of sp³-hybridized carbons (Fsp3) is 0.600. The van der Waals surface area contributed by atoms with Crippen molar-refractivity contribution in [3.8, 4) is 0 Å². The fourth-order valence-electron chi connectivity index (χ4n) is 2.32. The van der Waals surface area contributed by atoms with Crippen LogP contribution in [0.3, 0.4) is 0 Å². The van der Waals surface area contributed by atoms with E-state index in [4.69, 9.17) is 5.73 Å². The maximum absolute atomic E-state index is 13.4. The number of hydrogen-bond acceptors (Lipinski definition) is 2. The van der Waals surface area contributed by atoms with Gasteiger partial charge in [0.1, 0.15) is 5.82 Å². The summed E-state index contributed by atoms with van der Waals surface area (Å²) >= 11 is 0. The van der Waals surface area contributed by atoms with Crippen LogP contribution in [0.4, 0.5) is 10.1 Å². The summed E-state index contributed by atoms with van der Waals surface area (Å²) in [4.78, 5) is 2.36. The molecule has 0 aliphatic heterocycles. The van der Waals surface area contributed by atoms with E-state index in [0.717, 1.165) is 23.7 Å². The molecule has 0 aromatic heterocycles. The second-order valence-corrected chi connectivity index (χ2v) is 5.68. The van der Waals surface area contributed by atoms with Crippen molar-refractivity contribution < 1.29 is 4.39 Å². The Bertz CT molecular complexity index is 411. The van der Waals surface area contributed by atoms with E-state index in [1.54, 1.807) is 6.07 Å². The summed E-state index contributed by atoms with van der Waals surface area (Å²) in [5.74, 6) is 0.597. The van der Waals surface area contributed by atoms with Crippen LogP contribution >= 0.6 is 0 Å². The van der Waals surface area contributed by atoms with Gasteiger partial charge in [0.05, 0.1) is 0 Å². The molecule has 1 unspecified atom stereocenters. The highest BCUT2D eigenvalue weighted by atomic mass is 19.1. The van der Waals surface area contributed by atoms with Crippen molar-refractivity contribution in [1.82, 2.24) is 0 Å². The Labute approximate surface area is 109 Å². The molecule has 3 heteroatoms. The van der Waals surface area contributed by atoms with Gasteiger partial charge in [0.2, 0.25) is 0 Å². The fourth-order valence-corrected chi connectivity index (χ4v) is 2.32. The minimum Gasteiger partial charge on any atom is -0.369 e. The molecule has 100 valence electrons. The van der Waals surface area contributed by atoms with Gasteiger partial charge in [0.15, 0.2) is 0 Å². The van der Waals surface area contributed by atoms with Gasteiger partial charge in [-0.3, -0.25) is 0 Å². The lowest BCUT2D eigenvalue weighted by atomic mass is 10.0. The Morgan fingerprint density at radius 1 is 1.33 bits per heavy atom. The van der Waals surface area contributed by atoms with E-state index in [2.05, 4.69) is 18.7 Å². The van der Waals surface area contributed by atoms with Crippen molar-refractivity contribution in [2.45, 2.75) is 45.7 Å². The van der Waals surface area contributed by atoms with Crippen LogP contribution in [-0.4, -0.2) is 12.6 Å². The Hall–Kier alpha value is -1.09. The van der Waals surface area contributed by atoms with Crippen molar-refractivity contribution in [2.24, 2.45) is 11.7 Å². The first kappa shape index (κ1) is 13.3. The molecule has 1 aliphatic carbocycles. The van der Waals surface area contributed by atoms with Crippen molar-refractivity contribution in [1.29, 1.82) is 0 Å². The Morgan fingerprint density at radius 2 is 2.00 bits per heavy atom. The molecule has 1 aliphatic rings. The zero-order chi connectivity index (χ0) is 13.3. The third-order valence-corrected chi connectivity index (χ3v) is 3.56. The molecule has 1 atom stereocenters. The SMILES string of the molecule is CC(N)c1cc(F)ccc1N(CC1CC1)C(C)C. The summed E-state index contributed by atoms with van der Waals surface area (Å²) in [6, 6.07) is 5.24. The molecule has 0 saturated heterocycles. The van der Waals surface area contributed by atoms with Crippen LogP contribution in [0.15, 0.2) is 18.2 Å². The van der Waals surface area contributed by atoms with Crippen LogP contribution in [0.5, 0.6) is 0 Å². The van der Waals surface area contributed by atoms with Crippen LogP contribution < -0.4 is 10.6 Å². The highest BCUT2D eigenvalue weighted by molar-refractivity contribution is 5.56. The number of hydrogen-bond donors (Lipinski definition) is 1. The molecule has 0 bridgehead atoms. The standard InChI is InChI=1S/C15H23FN2/c1-10(2)18(9-12-4-5-12)15-7-6-13(16)8-14(15)11(3)17/h6-8,10-12H,4-5,9,17H2,1-3H3. The molecular weight excluding hydrogens is 227 g/mol. The van der Waals surface area contributed by atoms with E-state index in [0.29, 0.717) is 6.04 Å². The molecule has 2 nitrogen and oxygen atoms in total. The minimum absolute atomic E-state index is 0.142. The average molecular weight is 250 g/mol. The molecule has 0 heterocycles. The smallest absolute Gasteiger partial charge is 0.123 e. The van der Waals surface area contributed by atoms with Gasteiger partial charge in [0.25, 0.3) is 0 Å². The average Bonchev–Trinajstić information content (AvgIpc) is 3.09. The molecule has 1 aromatic carbocycles. The van der Waals surface area contributed by atoms with E-state index in [-0.39, 0.29) is 11.9 Å². The third kappa shape index (κ3) is 3.02. The molecule has 18 heavy (non-hydrogen) atoms. The molecule has 0 amide bonds. The first-order chi connectivity index (χ1) is 8.49. The third-order valence-electron chi connectivity index (χ3n) is 3.56. The lowest BCUT2D eigenvalue weighted by molar-refractivity contribution is 0.612. The molecule has 1 fully saturated rings. The summed E-state index contributed by atoms with van der Waals surface area (Å²) in [5, 5.41) is 0. The van der Waals surface area contributed by atoms with Gasteiger partial charge in [-0.2, -0.15) is 0 Å². The largest absolute Gasteiger partial charge is 0.369 e. The van der Waals surface area contributed by atoms with Gasteiger partial charge >= 0.3 is 0 Å². The number of benzene rings is 1. The van der Waals surface area contributed by atoms with Gasteiger partial charge in [0, 0.05) is 24.3 Å². The Balaban J connectivity index is 2.32. The van der Waals surface area contributed by atoms with E-state index in [1.165, 1.54) is 18.9 Å². The minimum atomic E-state index is -0.207. The maximum Gasteiger partial charge on any atom is 0.123 e. The maximum atomic E-state index is 13.4. The zero-order valence-corrected chi connectivity index (χ0v) is 11.5. The topological polar surface area (TPSA) is 29.3 Å². The predicted molar refractivity (Wildman–Crippen MR) is 74.2 cm³/mol. The zero-order valence-electron chi connectivity index (χ0n) is 11.5. The second-order valence-electron chi connectivity index (χ2n) is 5.68. The molecule has 2 N–H and O–H groups in total. The monoisotopic (exact) mass is 250 g/mol.